The summed E-state index contributed by atoms with van der Waals surface area (Å²) in [5.41, 5.74) is 1.28. The predicted molar refractivity (Wildman–Crippen MR) is 115 cm³/mol. The molecule has 2 aromatic carbocycles. The number of anilines is 1. The molecule has 0 aliphatic carbocycles. The number of rotatable bonds is 7. The zero-order chi connectivity index (χ0) is 20.9. The maximum Gasteiger partial charge on any atom is 0.387 e. The minimum absolute atomic E-state index is 0.0612. The lowest BCUT2D eigenvalue weighted by atomic mass is 10.2. The molecular weight excluding hydrogens is 428 g/mol. The number of amides is 1. The second-order valence-electron chi connectivity index (χ2n) is 6.09. The van der Waals surface area contributed by atoms with Crippen molar-refractivity contribution < 1.29 is 18.3 Å². The van der Waals surface area contributed by atoms with E-state index in [0.29, 0.717) is 5.03 Å². The fraction of sp³-hybridized carbons (Fsp3) is 0.0952. The van der Waals surface area contributed by atoms with E-state index >= 15 is 0 Å². The molecule has 1 N–H and O–H groups in total. The first kappa shape index (κ1) is 20.2. The van der Waals surface area contributed by atoms with Crippen LogP contribution >= 0.6 is 23.1 Å². The molecule has 2 aromatic heterocycles. The van der Waals surface area contributed by atoms with Crippen LogP contribution in [0.1, 0.15) is 0 Å². The van der Waals surface area contributed by atoms with E-state index < -0.39 is 6.61 Å². The summed E-state index contributed by atoms with van der Waals surface area (Å²) in [7, 11) is 0. The van der Waals surface area contributed by atoms with Gasteiger partial charge in [-0.05, 0) is 23.8 Å². The molecule has 0 atom stereocenters. The second kappa shape index (κ2) is 9.19. The van der Waals surface area contributed by atoms with Gasteiger partial charge in [-0.15, -0.1) is 11.3 Å². The Hall–Kier alpha value is -3.04. The van der Waals surface area contributed by atoms with Crippen molar-refractivity contribution in [1.82, 2.24) is 9.97 Å². The summed E-state index contributed by atoms with van der Waals surface area (Å²) in [6, 6.07) is 18.0. The number of thioether (sulfide) groups is 1. The molecule has 0 fully saturated rings. The number of carbonyl (C=O) groups excluding carboxylic acids is 1. The smallest absolute Gasteiger partial charge is 0.387 e. The average molecular weight is 444 g/mol. The Labute approximate surface area is 179 Å². The fourth-order valence-electron chi connectivity index (χ4n) is 2.78. The summed E-state index contributed by atoms with van der Waals surface area (Å²) in [4.78, 5) is 22.9. The lowest BCUT2D eigenvalue weighted by Gasteiger charge is -2.11. The van der Waals surface area contributed by atoms with Crippen molar-refractivity contribution in [2.75, 3.05) is 11.1 Å². The normalized spacial score (nSPS) is 11.0. The first-order valence-corrected chi connectivity index (χ1v) is 10.7. The van der Waals surface area contributed by atoms with Gasteiger partial charge in [-0.3, -0.25) is 4.79 Å². The third-order valence-corrected chi connectivity index (χ3v) is 6.17. The average Bonchev–Trinajstić information content (AvgIpc) is 3.19. The topological polar surface area (TPSA) is 64.1 Å². The maximum atomic E-state index is 12.5. The number of hydrogen-bond acceptors (Lipinski definition) is 6. The van der Waals surface area contributed by atoms with Gasteiger partial charge in [0, 0.05) is 10.3 Å². The molecule has 0 aliphatic rings. The molecule has 0 unspecified atom stereocenters. The van der Waals surface area contributed by atoms with Gasteiger partial charge < -0.3 is 10.1 Å². The van der Waals surface area contributed by atoms with Crippen LogP contribution in [0.3, 0.4) is 0 Å². The molecule has 30 heavy (non-hydrogen) atoms. The number of alkyl halides is 2. The Kier molecular flexibility index (Phi) is 6.20. The van der Waals surface area contributed by atoms with Crippen LogP contribution in [-0.4, -0.2) is 28.2 Å². The molecular formula is C21H15F2N3O2S2. The van der Waals surface area contributed by atoms with Crippen molar-refractivity contribution in [2.24, 2.45) is 0 Å². The summed E-state index contributed by atoms with van der Waals surface area (Å²) in [6.45, 7) is -2.97. The highest BCUT2D eigenvalue weighted by atomic mass is 32.2. The van der Waals surface area contributed by atoms with Crippen LogP contribution in [0.4, 0.5) is 14.5 Å². The van der Waals surface area contributed by atoms with E-state index in [4.69, 9.17) is 0 Å². The van der Waals surface area contributed by atoms with E-state index in [9.17, 15) is 13.6 Å². The zero-order valence-corrected chi connectivity index (χ0v) is 17.1. The van der Waals surface area contributed by atoms with E-state index in [-0.39, 0.29) is 23.1 Å². The summed E-state index contributed by atoms with van der Waals surface area (Å²) in [5, 5.41) is 4.17. The minimum Gasteiger partial charge on any atom is -0.433 e. The van der Waals surface area contributed by atoms with Gasteiger partial charge in [0.15, 0.2) is 0 Å². The first-order valence-electron chi connectivity index (χ1n) is 8.86. The van der Waals surface area contributed by atoms with E-state index in [1.165, 1.54) is 30.2 Å². The van der Waals surface area contributed by atoms with Gasteiger partial charge in [-0.2, -0.15) is 8.78 Å². The quantitative estimate of drug-likeness (QED) is 0.294. The first-order chi connectivity index (χ1) is 14.6. The van der Waals surface area contributed by atoms with Crippen molar-refractivity contribution in [3.05, 3.63) is 67.0 Å². The summed E-state index contributed by atoms with van der Waals surface area (Å²) in [5.74, 6) is -0.373. The van der Waals surface area contributed by atoms with Crippen LogP contribution in [0.2, 0.25) is 0 Å². The number of benzene rings is 2. The van der Waals surface area contributed by atoms with Crippen LogP contribution in [0, 0.1) is 0 Å². The van der Waals surface area contributed by atoms with Crippen LogP contribution in [-0.2, 0) is 4.79 Å². The Morgan fingerprint density at radius 3 is 2.67 bits per heavy atom. The number of carbonyl (C=O) groups is 1. The molecule has 4 aromatic rings. The molecule has 152 valence electrons. The molecule has 9 heteroatoms. The summed E-state index contributed by atoms with van der Waals surface area (Å²) >= 11 is 2.82. The Morgan fingerprint density at radius 1 is 1.10 bits per heavy atom. The molecule has 0 saturated carbocycles. The van der Waals surface area contributed by atoms with Crippen molar-refractivity contribution in [3.63, 3.8) is 0 Å². The summed E-state index contributed by atoms with van der Waals surface area (Å²) < 4.78 is 29.5. The number of ether oxygens (including phenoxy) is 1. The van der Waals surface area contributed by atoms with Gasteiger partial charge >= 0.3 is 6.61 Å². The minimum atomic E-state index is -2.97. The number of nitrogens with one attached hydrogen (secondary N) is 1. The molecule has 0 spiro atoms. The highest BCUT2D eigenvalue weighted by Crippen LogP contribution is 2.36. The number of aromatic nitrogens is 2. The monoisotopic (exact) mass is 443 g/mol. The Bertz CT molecular complexity index is 1170. The van der Waals surface area contributed by atoms with Crippen LogP contribution < -0.4 is 10.1 Å². The molecule has 4 rings (SSSR count). The molecule has 0 bridgehead atoms. The number of fused-ring (bicyclic) bond motifs is 1. The predicted octanol–water partition coefficient (Wildman–Crippen LogP) is 5.69. The lowest BCUT2D eigenvalue weighted by molar-refractivity contribution is -0.113. The van der Waals surface area contributed by atoms with Crippen LogP contribution in [0.25, 0.3) is 20.7 Å². The molecule has 1 amide bonds. The fourth-order valence-corrected chi connectivity index (χ4v) is 4.62. The summed E-state index contributed by atoms with van der Waals surface area (Å²) in [6.07, 6.45) is 1.47. The highest BCUT2D eigenvalue weighted by Gasteiger charge is 2.14. The van der Waals surface area contributed by atoms with E-state index in [1.54, 1.807) is 23.5 Å². The molecule has 0 saturated heterocycles. The van der Waals surface area contributed by atoms with Crippen molar-refractivity contribution in [1.29, 1.82) is 0 Å². The number of hydrogen-bond donors (Lipinski definition) is 1. The van der Waals surface area contributed by atoms with E-state index in [1.807, 2.05) is 36.4 Å². The molecule has 0 radical (unpaired) electrons. The second-order valence-corrected chi connectivity index (χ2v) is 8.08. The highest BCUT2D eigenvalue weighted by molar-refractivity contribution is 8.00. The van der Waals surface area contributed by atoms with Gasteiger partial charge in [0.2, 0.25) is 5.91 Å². The largest absolute Gasteiger partial charge is 0.433 e. The Morgan fingerprint density at radius 2 is 1.87 bits per heavy atom. The van der Waals surface area contributed by atoms with Crippen molar-refractivity contribution >= 4 is 44.9 Å². The maximum absolute atomic E-state index is 12.5. The van der Waals surface area contributed by atoms with Gasteiger partial charge in [0.05, 0.1) is 11.4 Å². The van der Waals surface area contributed by atoms with Crippen LogP contribution in [0.5, 0.6) is 5.75 Å². The molecule has 2 heterocycles. The zero-order valence-electron chi connectivity index (χ0n) is 15.4. The SMILES string of the molecule is O=C(CSc1ncnc2sc(-c3ccccc3)cc12)Nc1ccccc1OC(F)F. The van der Waals surface area contributed by atoms with Gasteiger partial charge in [0.25, 0.3) is 0 Å². The number of nitrogens with zero attached hydrogens (tertiary/aromatic N) is 2. The molecule has 0 aliphatic heterocycles. The number of thiophene rings is 1. The van der Waals surface area contributed by atoms with Gasteiger partial charge in [-0.25, -0.2) is 9.97 Å². The standard InChI is InChI=1S/C21H15F2N3O2S2/c22-21(23)28-16-9-5-4-8-15(16)26-18(27)11-29-19-14-10-17(13-6-2-1-3-7-13)30-20(14)25-12-24-19/h1-10,12,21H,11H2,(H,26,27). The Balaban J connectivity index is 1.48. The van der Waals surface area contributed by atoms with E-state index in [0.717, 1.165) is 20.7 Å². The third kappa shape index (κ3) is 4.74. The lowest BCUT2D eigenvalue weighted by Crippen LogP contribution is -2.15. The van der Waals surface area contributed by atoms with E-state index in [2.05, 4.69) is 20.0 Å². The van der Waals surface area contributed by atoms with Gasteiger partial charge in [0.1, 0.15) is 21.9 Å². The van der Waals surface area contributed by atoms with Crippen molar-refractivity contribution in [2.45, 2.75) is 11.6 Å². The third-order valence-electron chi connectivity index (χ3n) is 4.07. The number of halogens is 2. The number of para-hydroxylation sites is 2. The molecule has 5 nitrogen and oxygen atoms in total. The van der Waals surface area contributed by atoms with Gasteiger partial charge in [-0.1, -0.05) is 54.2 Å². The van der Waals surface area contributed by atoms with Crippen molar-refractivity contribution in [3.8, 4) is 16.2 Å². The van der Waals surface area contributed by atoms with Crippen LogP contribution in [0.15, 0.2) is 72.0 Å².